The van der Waals surface area contributed by atoms with Gasteiger partial charge in [-0.25, -0.2) is 15.0 Å². The highest BCUT2D eigenvalue weighted by Gasteiger charge is 2.35. The second-order valence-corrected chi connectivity index (χ2v) is 7.30. The van der Waals surface area contributed by atoms with E-state index in [1.54, 1.807) is 6.07 Å². The molecule has 0 fully saturated rings. The first-order valence-corrected chi connectivity index (χ1v) is 9.69. The Kier molecular flexibility index (Phi) is 5.33. The van der Waals surface area contributed by atoms with Crippen LogP contribution in [0, 0.1) is 0 Å². The van der Waals surface area contributed by atoms with Crippen molar-refractivity contribution in [3.8, 4) is 11.5 Å². The number of alkyl halides is 3. The molecule has 0 amide bonds. The smallest absolute Gasteiger partial charge is 0.451 e. The van der Waals surface area contributed by atoms with Crippen molar-refractivity contribution in [1.82, 2.24) is 19.9 Å². The maximum absolute atomic E-state index is 12.8. The summed E-state index contributed by atoms with van der Waals surface area (Å²) in [6.07, 6.45) is -4.66. The fourth-order valence-electron chi connectivity index (χ4n) is 2.54. The number of para-hydroxylation sites is 1. The molecule has 0 aliphatic rings. The Bertz CT molecular complexity index is 1150. The van der Waals surface area contributed by atoms with Crippen molar-refractivity contribution >= 4 is 34.4 Å². The molecule has 0 radical (unpaired) electrons. The molecule has 0 spiro atoms. The number of thioether (sulfide) groups is 1. The van der Waals surface area contributed by atoms with E-state index in [0.717, 1.165) is 22.8 Å². The van der Waals surface area contributed by atoms with Crippen molar-refractivity contribution in [2.24, 2.45) is 0 Å². The Morgan fingerprint density at radius 1 is 0.966 bits per heavy atom. The van der Waals surface area contributed by atoms with Crippen LogP contribution in [0.15, 0.2) is 59.6 Å². The highest BCUT2D eigenvalue weighted by Crippen LogP contribution is 2.31. The molecule has 0 aliphatic carbocycles. The normalized spacial score (nSPS) is 11.7. The third-order valence-electron chi connectivity index (χ3n) is 3.76. The third kappa shape index (κ3) is 4.80. The number of nitrogens with zero attached hydrogens (tertiary/aromatic N) is 3. The zero-order chi connectivity index (χ0) is 20.4. The summed E-state index contributed by atoms with van der Waals surface area (Å²) in [6.45, 7) is 0. The van der Waals surface area contributed by atoms with Gasteiger partial charge in [-0.1, -0.05) is 41.6 Å². The zero-order valence-electron chi connectivity index (χ0n) is 14.6. The van der Waals surface area contributed by atoms with Gasteiger partial charge in [-0.3, -0.25) is 0 Å². The van der Waals surface area contributed by atoms with Gasteiger partial charge in [0.1, 0.15) is 27.5 Å². The minimum Gasteiger partial charge on any atom is -0.457 e. The number of nitrogens with one attached hydrogen (secondary N) is 1. The summed E-state index contributed by atoms with van der Waals surface area (Å²) >= 11 is 6.76. The van der Waals surface area contributed by atoms with Crippen LogP contribution < -0.4 is 4.74 Å². The minimum atomic E-state index is -4.66. The van der Waals surface area contributed by atoms with Crippen LogP contribution in [0.5, 0.6) is 11.5 Å². The van der Waals surface area contributed by atoms with Gasteiger partial charge in [-0.05, 0) is 24.3 Å². The van der Waals surface area contributed by atoms with E-state index >= 15 is 0 Å². The fraction of sp³-hybridized carbons (Fsp3) is 0.105. The summed E-state index contributed by atoms with van der Waals surface area (Å²) in [5.41, 5.74) is 1.48. The van der Waals surface area contributed by atoms with Crippen molar-refractivity contribution in [3.05, 3.63) is 71.4 Å². The average molecular weight is 437 g/mol. The number of fused-ring (bicyclic) bond motifs is 1. The van der Waals surface area contributed by atoms with Gasteiger partial charge in [0.05, 0.1) is 16.8 Å². The van der Waals surface area contributed by atoms with Gasteiger partial charge < -0.3 is 9.72 Å². The van der Waals surface area contributed by atoms with Crippen LogP contribution >= 0.6 is 23.4 Å². The zero-order valence-corrected chi connectivity index (χ0v) is 16.1. The van der Waals surface area contributed by atoms with E-state index in [-0.39, 0.29) is 15.9 Å². The number of ether oxygens (including phenoxy) is 1. The van der Waals surface area contributed by atoms with Gasteiger partial charge >= 0.3 is 6.18 Å². The molecule has 4 rings (SSSR count). The number of halogens is 4. The lowest BCUT2D eigenvalue weighted by molar-refractivity contribution is -0.145. The largest absolute Gasteiger partial charge is 0.457 e. The van der Waals surface area contributed by atoms with Crippen molar-refractivity contribution in [2.45, 2.75) is 17.0 Å². The quantitative estimate of drug-likeness (QED) is 0.302. The number of hydrogen-bond acceptors (Lipinski definition) is 5. The second kappa shape index (κ2) is 7.92. The summed E-state index contributed by atoms with van der Waals surface area (Å²) in [4.78, 5) is 14.3. The van der Waals surface area contributed by atoms with E-state index in [0.29, 0.717) is 17.3 Å². The Labute approximate surface area is 172 Å². The van der Waals surface area contributed by atoms with Gasteiger partial charge in [0.25, 0.3) is 0 Å². The number of rotatable bonds is 5. The number of benzene rings is 2. The topological polar surface area (TPSA) is 63.7 Å². The predicted octanol–water partition coefficient (Wildman–Crippen LogP) is 6.11. The first-order chi connectivity index (χ1) is 13.9. The first-order valence-electron chi connectivity index (χ1n) is 8.33. The van der Waals surface area contributed by atoms with E-state index in [1.165, 1.54) is 6.07 Å². The van der Waals surface area contributed by atoms with Crippen LogP contribution in [-0.4, -0.2) is 19.9 Å². The molecule has 0 unspecified atom stereocenters. The van der Waals surface area contributed by atoms with E-state index < -0.39 is 12.0 Å². The van der Waals surface area contributed by atoms with E-state index in [2.05, 4.69) is 19.9 Å². The maximum Gasteiger partial charge on any atom is 0.451 e. The molecule has 0 saturated heterocycles. The van der Waals surface area contributed by atoms with Gasteiger partial charge in [0, 0.05) is 12.1 Å². The highest BCUT2D eigenvalue weighted by atomic mass is 35.5. The van der Waals surface area contributed by atoms with Gasteiger partial charge in [0.2, 0.25) is 5.82 Å². The minimum absolute atomic E-state index is 0.117. The van der Waals surface area contributed by atoms with Crippen LogP contribution in [0.4, 0.5) is 13.2 Å². The summed E-state index contributed by atoms with van der Waals surface area (Å²) in [5.74, 6) is 0.964. The number of hydrogen-bond donors (Lipinski definition) is 1. The van der Waals surface area contributed by atoms with Crippen LogP contribution in [0.2, 0.25) is 5.15 Å². The lowest BCUT2D eigenvalue weighted by Gasteiger charge is -2.06. The molecule has 0 atom stereocenters. The lowest BCUT2D eigenvalue weighted by atomic mass is 10.3. The van der Waals surface area contributed by atoms with Crippen LogP contribution in [-0.2, 0) is 11.9 Å². The number of aromatic nitrogens is 4. The van der Waals surface area contributed by atoms with Gasteiger partial charge in [0.15, 0.2) is 0 Å². The van der Waals surface area contributed by atoms with E-state index in [4.69, 9.17) is 16.3 Å². The van der Waals surface area contributed by atoms with Crippen molar-refractivity contribution in [1.29, 1.82) is 0 Å². The van der Waals surface area contributed by atoms with Crippen molar-refractivity contribution in [3.63, 3.8) is 0 Å². The molecular formula is C19H12ClF3N4OS. The summed E-state index contributed by atoms with van der Waals surface area (Å²) < 4.78 is 44.3. The second-order valence-electron chi connectivity index (χ2n) is 5.92. The molecule has 2 aromatic heterocycles. The molecule has 10 heteroatoms. The van der Waals surface area contributed by atoms with E-state index in [1.807, 2.05) is 42.5 Å². The Hall–Kier alpha value is -2.78. The predicted molar refractivity (Wildman–Crippen MR) is 104 cm³/mol. The Balaban J connectivity index is 1.50. The Morgan fingerprint density at radius 3 is 2.52 bits per heavy atom. The standard InChI is InChI=1S/C19H12ClF3N4OS/c20-15-9-17(27-18(26-15)19(21,22)23)29-10-16-24-13-7-6-12(8-14(13)25-16)28-11-4-2-1-3-5-11/h1-9H,10H2,(H,24,25). The number of aromatic amines is 1. The molecule has 29 heavy (non-hydrogen) atoms. The number of H-pyrrole nitrogens is 1. The Morgan fingerprint density at radius 2 is 1.76 bits per heavy atom. The summed E-state index contributed by atoms with van der Waals surface area (Å²) in [7, 11) is 0. The van der Waals surface area contributed by atoms with Gasteiger partial charge in [-0.15, -0.1) is 0 Å². The molecule has 0 saturated carbocycles. The molecule has 5 nitrogen and oxygen atoms in total. The molecule has 0 aliphatic heterocycles. The molecule has 148 valence electrons. The molecule has 1 N–H and O–H groups in total. The van der Waals surface area contributed by atoms with Crippen molar-refractivity contribution in [2.75, 3.05) is 0 Å². The first kappa shape index (κ1) is 19.5. The number of imidazole rings is 1. The average Bonchev–Trinajstić information content (AvgIpc) is 3.08. The molecule has 2 heterocycles. The SMILES string of the molecule is FC(F)(F)c1nc(Cl)cc(SCc2nc3ccc(Oc4ccccc4)cc3[nH]2)n1. The maximum atomic E-state index is 12.8. The monoisotopic (exact) mass is 436 g/mol. The van der Waals surface area contributed by atoms with E-state index in [9.17, 15) is 13.2 Å². The lowest BCUT2D eigenvalue weighted by Crippen LogP contribution is -2.11. The molecule has 0 bridgehead atoms. The van der Waals surface area contributed by atoms with Crippen LogP contribution in [0.25, 0.3) is 11.0 Å². The van der Waals surface area contributed by atoms with Crippen LogP contribution in [0.1, 0.15) is 11.6 Å². The molecule has 2 aromatic carbocycles. The summed E-state index contributed by atoms with van der Waals surface area (Å²) in [5, 5.41) is -0.145. The molecule has 4 aromatic rings. The van der Waals surface area contributed by atoms with Gasteiger partial charge in [-0.2, -0.15) is 13.2 Å². The summed E-state index contributed by atoms with van der Waals surface area (Å²) in [6, 6.07) is 16.1. The van der Waals surface area contributed by atoms with Crippen LogP contribution in [0.3, 0.4) is 0 Å². The van der Waals surface area contributed by atoms with Crippen molar-refractivity contribution < 1.29 is 17.9 Å². The highest BCUT2D eigenvalue weighted by molar-refractivity contribution is 7.98. The fourth-order valence-corrected chi connectivity index (χ4v) is 3.55. The third-order valence-corrected chi connectivity index (χ3v) is 4.88. The molecular weight excluding hydrogens is 425 g/mol.